The van der Waals surface area contributed by atoms with E-state index in [1.165, 1.54) is 0 Å². The molecule has 0 saturated heterocycles. The van der Waals surface area contributed by atoms with Gasteiger partial charge in [-0.15, -0.1) is 0 Å². The number of Topliss-reactive ketones (excluding diaryl/α,β-unsaturated/α-hetero) is 1. The van der Waals surface area contributed by atoms with Gasteiger partial charge in [0, 0.05) is 5.56 Å². The Balaban J connectivity index is 2.80. The number of nitrogens with zero attached hydrogens (tertiary/aromatic N) is 1. The van der Waals surface area contributed by atoms with Crippen LogP contribution in [-0.4, -0.2) is 29.7 Å². The number of rotatable bonds is 3. The summed E-state index contributed by atoms with van der Waals surface area (Å²) in [6, 6.07) is 9.26. The van der Waals surface area contributed by atoms with Crippen molar-refractivity contribution in [2.24, 2.45) is 0 Å². The zero-order valence-electron chi connectivity index (χ0n) is 7.70. The lowest BCUT2D eigenvalue weighted by atomic mass is 10.1. The third-order valence-electron chi connectivity index (χ3n) is 1.73. The van der Waals surface area contributed by atoms with Gasteiger partial charge in [-0.25, -0.2) is 0 Å². The monoisotopic (exact) mass is 241 g/mol. The molecule has 0 aliphatic heterocycles. The highest BCUT2D eigenvalue weighted by molar-refractivity contribution is 9.09. The number of carbonyl (C=O) groups excluding carboxylic acids is 1. The third kappa shape index (κ3) is 2.64. The lowest BCUT2D eigenvalue weighted by Gasteiger charge is -2.16. The van der Waals surface area contributed by atoms with Crippen LogP contribution in [0, 0.1) is 0 Å². The fourth-order valence-electron chi connectivity index (χ4n) is 0.974. The molecular formula is C10H12BrNO. The molecule has 0 aliphatic carbocycles. The first-order valence-corrected chi connectivity index (χ1v) is 4.94. The van der Waals surface area contributed by atoms with Gasteiger partial charge < -0.3 is 0 Å². The molecule has 0 aromatic heterocycles. The Bertz CT molecular complexity index is 284. The molecular weight excluding hydrogens is 230 g/mol. The Hall–Kier alpha value is -0.670. The number of benzene rings is 1. The molecule has 3 heteroatoms. The molecule has 0 radical (unpaired) electrons. The molecule has 1 aromatic rings. The smallest absolute Gasteiger partial charge is 0.190 e. The van der Waals surface area contributed by atoms with Gasteiger partial charge in [-0.3, -0.25) is 9.69 Å². The summed E-state index contributed by atoms with van der Waals surface area (Å²) in [5.74, 6) is 0.0885. The van der Waals surface area contributed by atoms with E-state index in [0.29, 0.717) is 0 Å². The van der Waals surface area contributed by atoms with Crippen LogP contribution in [0.3, 0.4) is 0 Å². The van der Waals surface area contributed by atoms with Crippen LogP contribution < -0.4 is 0 Å². The van der Waals surface area contributed by atoms with Crippen LogP contribution >= 0.6 is 15.9 Å². The van der Waals surface area contributed by atoms with Gasteiger partial charge in [0.15, 0.2) is 5.78 Å². The Labute approximate surface area is 86.7 Å². The van der Waals surface area contributed by atoms with Crippen LogP contribution in [0.15, 0.2) is 30.3 Å². The van der Waals surface area contributed by atoms with Crippen molar-refractivity contribution in [1.29, 1.82) is 0 Å². The number of carbonyl (C=O) groups is 1. The van der Waals surface area contributed by atoms with Gasteiger partial charge in [0.2, 0.25) is 0 Å². The zero-order chi connectivity index (χ0) is 9.84. The highest BCUT2D eigenvalue weighted by atomic mass is 79.9. The van der Waals surface area contributed by atoms with Gasteiger partial charge in [-0.1, -0.05) is 46.3 Å². The molecule has 2 nitrogen and oxygen atoms in total. The Morgan fingerprint density at radius 3 is 2.31 bits per heavy atom. The van der Waals surface area contributed by atoms with Crippen molar-refractivity contribution in [3.8, 4) is 0 Å². The highest BCUT2D eigenvalue weighted by Crippen LogP contribution is 2.11. The molecule has 0 aliphatic rings. The predicted molar refractivity (Wildman–Crippen MR) is 57.2 cm³/mol. The summed E-state index contributed by atoms with van der Waals surface area (Å²) in [7, 11) is 3.72. The molecule has 0 fully saturated rings. The van der Waals surface area contributed by atoms with Gasteiger partial charge in [-0.2, -0.15) is 0 Å². The summed E-state index contributed by atoms with van der Waals surface area (Å²) in [6.07, 6.45) is 0. The molecule has 0 N–H and O–H groups in total. The van der Waals surface area contributed by atoms with Crippen molar-refractivity contribution in [2.75, 3.05) is 14.1 Å². The first-order valence-electron chi connectivity index (χ1n) is 4.02. The van der Waals surface area contributed by atoms with Crippen molar-refractivity contribution in [3.05, 3.63) is 35.9 Å². The van der Waals surface area contributed by atoms with Crippen LogP contribution in [0.2, 0.25) is 0 Å². The lowest BCUT2D eigenvalue weighted by Crippen LogP contribution is -2.30. The molecule has 70 valence electrons. The van der Waals surface area contributed by atoms with Crippen molar-refractivity contribution < 1.29 is 4.79 Å². The molecule has 0 unspecified atom stereocenters. The third-order valence-corrected chi connectivity index (χ3v) is 2.96. The molecule has 13 heavy (non-hydrogen) atoms. The maximum atomic E-state index is 11.7. The van der Waals surface area contributed by atoms with E-state index in [4.69, 9.17) is 0 Å². The number of likely N-dealkylation sites (N-methyl/N-ethyl adjacent to an activating group) is 1. The standard InChI is InChI=1S/C10H12BrNO/c1-12(2)10(11)9(13)8-6-4-3-5-7-8/h3-7,10H,1-2H3/t10-/m0/s1. The average Bonchev–Trinajstić information content (AvgIpc) is 2.17. The van der Waals surface area contributed by atoms with E-state index in [2.05, 4.69) is 15.9 Å². The van der Waals surface area contributed by atoms with Crippen LogP contribution in [0.4, 0.5) is 0 Å². The second-order valence-electron chi connectivity index (χ2n) is 3.03. The fraction of sp³-hybridized carbons (Fsp3) is 0.300. The van der Waals surface area contributed by atoms with E-state index in [1.54, 1.807) is 0 Å². The minimum Gasteiger partial charge on any atom is -0.291 e. The van der Waals surface area contributed by atoms with E-state index in [1.807, 2.05) is 49.3 Å². The van der Waals surface area contributed by atoms with Gasteiger partial charge in [-0.05, 0) is 14.1 Å². The lowest BCUT2D eigenvalue weighted by molar-refractivity contribution is 0.0941. The minimum atomic E-state index is -0.241. The van der Waals surface area contributed by atoms with Gasteiger partial charge in [0.25, 0.3) is 0 Å². The van der Waals surface area contributed by atoms with E-state index in [9.17, 15) is 4.79 Å². The van der Waals surface area contributed by atoms with E-state index in [-0.39, 0.29) is 10.7 Å². The maximum absolute atomic E-state index is 11.7. The topological polar surface area (TPSA) is 20.3 Å². The molecule has 0 bridgehead atoms. The first-order chi connectivity index (χ1) is 6.13. The second kappa shape index (κ2) is 4.53. The molecule has 0 heterocycles. The van der Waals surface area contributed by atoms with Crippen LogP contribution in [0.25, 0.3) is 0 Å². The fourth-order valence-corrected chi connectivity index (χ4v) is 1.24. The second-order valence-corrected chi connectivity index (χ2v) is 3.90. The van der Waals surface area contributed by atoms with Gasteiger partial charge in [0.05, 0.1) is 0 Å². The van der Waals surface area contributed by atoms with Gasteiger partial charge in [0.1, 0.15) is 4.95 Å². The summed E-state index contributed by atoms with van der Waals surface area (Å²) in [6.45, 7) is 0. The average molecular weight is 242 g/mol. The Morgan fingerprint density at radius 2 is 1.85 bits per heavy atom. The molecule has 0 saturated carbocycles. The molecule has 1 atom stereocenters. The number of hydrogen-bond acceptors (Lipinski definition) is 2. The van der Waals surface area contributed by atoms with Crippen molar-refractivity contribution >= 4 is 21.7 Å². The zero-order valence-corrected chi connectivity index (χ0v) is 9.28. The van der Waals surface area contributed by atoms with E-state index >= 15 is 0 Å². The summed E-state index contributed by atoms with van der Waals surface area (Å²) in [5.41, 5.74) is 0.734. The van der Waals surface area contributed by atoms with Crippen LogP contribution in [0.1, 0.15) is 10.4 Å². The first kappa shape index (κ1) is 10.4. The quantitative estimate of drug-likeness (QED) is 0.460. The predicted octanol–water partition coefficient (Wildman–Crippen LogP) is 2.15. The van der Waals surface area contributed by atoms with Crippen molar-refractivity contribution in [1.82, 2.24) is 4.90 Å². The number of alkyl halides is 1. The summed E-state index contributed by atoms with van der Waals surface area (Å²) >= 11 is 3.32. The molecule has 0 amide bonds. The highest BCUT2D eigenvalue weighted by Gasteiger charge is 2.17. The van der Waals surface area contributed by atoms with Gasteiger partial charge >= 0.3 is 0 Å². The summed E-state index contributed by atoms with van der Waals surface area (Å²) in [4.78, 5) is 13.3. The number of halogens is 1. The Kier molecular flexibility index (Phi) is 3.63. The number of hydrogen-bond donors (Lipinski definition) is 0. The molecule has 1 aromatic carbocycles. The van der Waals surface area contributed by atoms with E-state index < -0.39 is 0 Å². The van der Waals surface area contributed by atoms with Crippen LogP contribution in [0.5, 0.6) is 0 Å². The maximum Gasteiger partial charge on any atom is 0.190 e. The number of ketones is 1. The van der Waals surface area contributed by atoms with Crippen LogP contribution in [-0.2, 0) is 0 Å². The minimum absolute atomic E-state index is 0.0885. The largest absolute Gasteiger partial charge is 0.291 e. The normalized spacial score (nSPS) is 12.9. The van der Waals surface area contributed by atoms with Crippen molar-refractivity contribution in [3.63, 3.8) is 0 Å². The molecule has 1 rings (SSSR count). The summed E-state index contributed by atoms with van der Waals surface area (Å²) < 4.78 is 0. The van der Waals surface area contributed by atoms with Crippen molar-refractivity contribution in [2.45, 2.75) is 4.95 Å². The SMILES string of the molecule is CN(C)[C@H](Br)C(=O)c1ccccc1. The Morgan fingerprint density at radius 1 is 1.31 bits per heavy atom. The van der Waals surface area contributed by atoms with E-state index in [0.717, 1.165) is 5.56 Å². The molecule has 0 spiro atoms. The summed E-state index contributed by atoms with van der Waals surface area (Å²) in [5, 5.41) is 0.